The normalized spacial score (nSPS) is 10.0. The van der Waals surface area contributed by atoms with Crippen molar-refractivity contribution in [3.8, 4) is 0 Å². The number of carbonyl (C=O) groups excluding carboxylic acids is 3. The quantitative estimate of drug-likeness (QED) is 0.792. The van der Waals surface area contributed by atoms with Crippen LogP contribution in [0.5, 0.6) is 0 Å². The van der Waals surface area contributed by atoms with E-state index in [1.807, 2.05) is 0 Å². The van der Waals surface area contributed by atoms with Crippen LogP contribution in [-0.2, 0) is 14.3 Å². The molecular formula is C14H18N2O4. The first kappa shape index (κ1) is 15.7. The van der Waals surface area contributed by atoms with Crippen molar-refractivity contribution in [2.45, 2.75) is 13.8 Å². The highest BCUT2D eigenvalue weighted by Gasteiger charge is 2.14. The molecule has 0 saturated carbocycles. The Morgan fingerprint density at radius 2 is 1.85 bits per heavy atom. The summed E-state index contributed by atoms with van der Waals surface area (Å²) in [5, 5.41) is 5.06. The van der Waals surface area contributed by atoms with Gasteiger partial charge in [0.05, 0.1) is 24.9 Å². The molecule has 0 atom stereocenters. The van der Waals surface area contributed by atoms with Crippen LogP contribution in [0.4, 0.5) is 5.69 Å². The fourth-order valence-electron chi connectivity index (χ4n) is 1.45. The molecule has 0 bridgehead atoms. The van der Waals surface area contributed by atoms with Gasteiger partial charge >= 0.3 is 5.97 Å². The number of para-hydroxylation sites is 1. The van der Waals surface area contributed by atoms with Crippen LogP contribution in [0.25, 0.3) is 0 Å². The zero-order valence-electron chi connectivity index (χ0n) is 11.7. The van der Waals surface area contributed by atoms with Gasteiger partial charge in [-0.2, -0.15) is 0 Å². The largest absolute Gasteiger partial charge is 0.465 e. The van der Waals surface area contributed by atoms with Crippen LogP contribution in [0.15, 0.2) is 24.3 Å². The Balaban J connectivity index is 2.67. The van der Waals surface area contributed by atoms with Gasteiger partial charge < -0.3 is 15.4 Å². The van der Waals surface area contributed by atoms with Crippen molar-refractivity contribution in [3.63, 3.8) is 0 Å². The minimum atomic E-state index is -0.535. The van der Waals surface area contributed by atoms with Gasteiger partial charge in [-0.1, -0.05) is 26.0 Å². The number of esters is 1. The third kappa shape index (κ3) is 4.38. The van der Waals surface area contributed by atoms with Gasteiger partial charge in [-0.25, -0.2) is 4.79 Å². The summed E-state index contributed by atoms with van der Waals surface area (Å²) in [5.74, 6) is -1.34. The number of amides is 2. The number of hydrogen-bond acceptors (Lipinski definition) is 4. The summed E-state index contributed by atoms with van der Waals surface area (Å²) >= 11 is 0. The summed E-state index contributed by atoms with van der Waals surface area (Å²) in [4.78, 5) is 34.6. The molecule has 20 heavy (non-hydrogen) atoms. The van der Waals surface area contributed by atoms with Gasteiger partial charge in [0.2, 0.25) is 11.8 Å². The number of nitrogens with one attached hydrogen (secondary N) is 2. The number of ether oxygens (including phenoxy) is 1. The first-order valence-corrected chi connectivity index (χ1v) is 6.20. The lowest BCUT2D eigenvalue weighted by Gasteiger charge is -2.11. The fraction of sp³-hybridized carbons (Fsp3) is 0.357. The third-order valence-corrected chi connectivity index (χ3v) is 2.55. The molecule has 2 amide bonds. The molecule has 108 valence electrons. The van der Waals surface area contributed by atoms with Gasteiger partial charge in [0, 0.05) is 5.92 Å². The zero-order valence-corrected chi connectivity index (χ0v) is 11.7. The lowest BCUT2D eigenvalue weighted by atomic mass is 10.2. The Kier molecular flexibility index (Phi) is 5.71. The van der Waals surface area contributed by atoms with Crippen molar-refractivity contribution < 1.29 is 19.1 Å². The molecule has 0 fully saturated rings. The summed E-state index contributed by atoms with van der Waals surface area (Å²) < 4.78 is 4.63. The predicted molar refractivity (Wildman–Crippen MR) is 74.3 cm³/mol. The highest BCUT2D eigenvalue weighted by Crippen LogP contribution is 2.15. The van der Waals surface area contributed by atoms with E-state index in [2.05, 4.69) is 15.4 Å². The van der Waals surface area contributed by atoms with Gasteiger partial charge in [-0.05, 0) is 12.1 Å². The predicted octanol–water partition coefficient (Wildman–Crippen LogP) is 1.18. The lowest BCUT2D eigenvalue weighted by molar-refractivity contribution is -0.126. The lowest BCUT2D eigenvalue weighted by Crippen LogP contribution is -2.35. The van der Waals surface area contributed by atoms with Crippen molar-refractivity contribution in [2.75, 3.05) is 19.0 Å². The topological polar surface area (TPSA) is 84.5 Å². The van der Waals surface area contributed by atoms with Crippen LogP contribution in [0.2, 0.25) is 0 Å². The number of hydrogen-bond donors (Lipinski definition) is 2. The molecule has 0 spiro atoms. The van der Waals surface area contributed by atoms with E-state index in [1.165, 1.54) is 7.11 Å². The van der Waals surface area contributed by atoms with Crippen LogP contribution in [0, 0.1) is 5.92 Å². The maximum atomic E-state index is 11.7. The Morgan fingerprint density at radius 3 is 2.45 bits per heavy atom. The minimum absolute atomic E-state index is 0.146. The monoisotopic (exact) mass is 278 g/mol. The van der Waals surface area contributed by atoms with Gasteiger partial charge in [0.25, 0.3) is 0 Å². The van der Waals surface area contributed by atoms with Crippen molar-refractivity contribution in [1.29, 1.82) is 0 Å². The second-order valence-corrected chi connectivity index (χ2v) is 4.46. The second-order valence-electron chi connectivity index (χ2n) is 4.46. The fourth-order valence-corrected chi connectivity index (χ4v) is 1.45. The number of benzene rings is 1. The first-order chi connectivity index (χ1) is 9.45. The van der Waals surface area contributed by atoms with Gasteiger partial charge in [-0.3, -0.25) is 9.59 Å². The van der Waals surface area contributed by atoms with Crippen molar-refractivity contribution in [1.82, 2.24) is 5.32 Å². The molecule has 1 aromatic rings. The van der Waals surface area contributed by atoms with E-state index >= 15 is 0 Å². The Morgan fingerprint density at radius 1 is 1.20 bits per heavy atom. The van der Waals surface area contributed by atoms with Crippen LogP contribution >= 0.6 is 0 Å². The molecule has 0 heterocycles. The SMILES string of the molecule is COC(=O)c1ccccc1NC(=O)CNC(=O)C(C)C. The van der Waals surface area contributed by atoms with Gasteiger partial charge in [0.15, 0.2) is 0 Å². The van der Waals surface area contributed by atoms with Crippen LogP contribution in [0.3, 0.4) is 0 Å². The maximum Gasteiger partial charge on any atom is 0.339 e. The van der Waals surface area contributed by atoms with Crippen molar-refractivity contribution in [2.24, 2.45) is 5.92 Å². The number of methoxy groups -OCH3 is 1. The van der Waals surface area contributed by atoms with Gasteiger partial charge in [0.1, 0.15) is 0 Å². The highest BCUT2D eigenvalue weighted by molar-refractivity contribution is 6.02. The highest BCUT2D eigenvalue weighted by atomic mass is 16.5. The maximum absolute atomic E-state index is 11.7. The summed E-state index contributed by atoms with van der Waals surface area (Å²) in [7, 11) is 1.27. The molecule has 2 N–H and O–H groups in total. The Labute approximate surface area is 117 Å². The first-order valence-electron chi connectivity index (χ1n) is 6.20. The molecule has 0 aliphatic heterocycles. The molecule has 6 heteroatoms. The molecule has 6 nitrogen and oxygen atoms in total. The Bertz CT molecular complexity index is 512. The van der Waals surface area contributed by atoms with Crippen molar-refractivity contribution >= 4 is 23.5 Å². The van der Waals surface area contributed by atoms with Crippen LogP contribution in [0.1, 0.15) is 24.2 Å². The second kappa shape index (κ2) is 7.28. The molecule has 0 unspecified atom stereocenters. The third-order valence-electron chi connectivity index (χ3n) is 2.55. The number of anilines is 1. The summed E-state index contributed by atoms with van der Waals surface area (Å²) in [5.41, 5.74) is 0.613. The molecule has 1 rings (SSSR count). The average molecular weight is 278 g/mol. The molecule has 0 aliphatic carbocycles. The van der Waals surface area contributed by atoms with E-state index in [1.54, 1.807) is 38.1 Å². The molecule has 0 aromatic heterocycles. The smallest absolute Gasteiger partial charge is 0.339 e. The molecule has 0 saturated heterocycles. The number of rotatable bonds is 5. The Hall–Kier alpha value is -2.37. The standard InChI is InChI=1S/C14H18N2O4/c1-9(2)13(18)15-8-12(17)16-11-7-5-4-6-10(11)14(19)20-3/h4-7,9H,8H2,1-3H3,(H,15,18)(H,16,17). The molecule has 0 aliphatic rings. The van der Waals surface area contributed by atoms with E-state index < -0.39 is 11.9 Å². The zero-order chi connectivity index (χ0) is 15.1. The number of carbonyl (C=O) groups is 3. The molecule has 1 aromatic carbocycles. The van der Waals surface area contributed by atoms with Crippen molar-refractivity contribution in [3.05, 3.63) is 29.8 Å². The minimum Gasteiger partial charge on any atom is -0.465 e. The molecule has 0 radical (unpaired) electrons. The summed E-state index contributed by atoms with van der Waals surface area (Å²) in [6.07, 6.45) is 0. The summed E-state index contributed by atoms with van der Waals surface area (Å²) in [6.45, 7) is 3.33. The van der Waals surface area contributed by atoms with E-state index in [-0.39, 0.29) is 23.9 Å². The van der Waals surface area contributed by atoms with E-state index in [4.69, 9.17) is 0 Å². The van der Waals surface area contributed by atoms with E-state index in [9.17, 15) is 14.4 Å². The van der Waals surface area contributed by atoms with Crippen LogP contribution in [-0.4, -0.2) is 31.4 Å². The average Bonchev–Trinajstić information content (AvgIpc) is 2.44. The van der Waals surface area contributed by atoms with E-state index in [0.717, 1.165) is 0 Å². The van der Waals surface area contributed by atoms with E-state index in [0.29, 0.717) is 5.69 Å². The van der Waals surface area contributed by atoms with Crippen LogP contribution < -0.4 is 10.6 Å². The van der Waals surface area contributed by atoms with Gasteiger partial charge in [-0.15, -0.1) is 0 Å². The summed E-state index contributed by atoms with van der Waals surface area (Å²) in [6, 6.07) is 6.50. The molecular weight excluding hydrogens is 260 g/mol.